The first-order valence-electron chi connectivity index (χ1n) is 11.8. The Morgan fingerprint density at radius 2 is 1.31 bits per heavy atom. The molecule has 0 fully saturated rings. The van der Waals surface area contributed by atoms with Crippen molar-refractivity contribution in [3.05, 3.63) is 85.2 Å². The summed E-state index contributed by atoms with van der Waals surface area (Å²) in [5.74, 6) is 0. The van der Waals surface area contributed by atoms with Crippen LogP contribution in [-0.4, -0.2) is 13.0 Å². The fourth-order valence-electron chi connectivity index (χ4n) is 1.43. The Bertz CT molecular complexity index is 914. The van der Waals surface area contributed by atoms with Crippen LogP contribution < -0.4 is 28.7 Å². The summed E-state index contributed by atoms with van der Waals surface area (Å²) in [6, 6.07) is 13.4. The van der Waals surface area contributed by atoms with Crippen LogP contribution in [0.2, 0.25) is 0 Å². The van der Waals surface area contributed by atoms with E-state index in [1.165, 1.54) is 18.2 Å². The number of rotatable bonds is 3. The molecule has 0 aliphatic carbocycles. The lowest BCUT2D eigenvalue weighted by Gasteiger charge is -2.02. The highest BCUT2D eigenvalue weighted by Crippen LogP contribution is 2.20. The molecule has 0 aromatic heterocycles. The van der Waals surface area contributed by atoms with Gasteiger partial charge < -0.3 is 28.7 Å². The molecule has 2 aromatic rings. The molecule has 36 heavy (non-hydrogen) atoms. The summed E-state index contributed by atoms with van der Waals surface area (Å²) in [4.78, 5) is -0.359. The highest BCUT2D eigenvalue weighted by atomic mass is 32.2. The van der Waals surface area contributed by atoms with E-state index in [9.17, 15) is 8.42 Å². The van der Waals surface area contributed by atoms with Crippen LogP contribution in [0, 0.1) is 0 Å². The van der Waals surface area contributed by atoms with Crippen molar-refractivity contribution in [2.45, 2.75) is 66.7 Å². The van der Waals surface area contributed by atoms with Gasteiger partial charge in [0.15, 0.2) is 0 Å². The molecule has 11 N–H and O–H groups in total. The van der Waals surface area contributed by atoms with Crippen LogP contribution in [0.25, 0.3) is 0 Å². The van der Waals surface area contributed by atoms with Crippen molar-refractivity contribution in [1.82, 2.24) is 0 Å². The van der Waals surface area contributed by atoms with Crippen LogP contribution in [0.15, 0.2) is 90.1 Å². The minimum absolute atomic E-state index is 0.0216. The SMILES string of the molecule is C/C=C(/N)CC.C=CC(=C)N.CC.CC.CC.Nc1ccc(N)c(S(=O)(=O)O)c1.Nc1ccccc1. The fourth-order valence-corrected chi connectivity index (χ4v) is 2.08. The zero-order chi connectivity index (χ0) is 29.7. The van der Waals surface area contributed by atoms with Gasteiger partial charge in [-0.1, -0.05) is 85.9 Å². The Hall–Kier alpha value is -3.43. The van der Waals surface area contributed by atoms with Gasteiger partial charge in [-0.3, -0.25) is 4.55 Å². The van der Waals surface area contributed by atoms with Crippen LogP contribution in [0.4, 0.5) is 17.1 Å². The van der Waals surface area contributed by atoms with E-state index in [0.717, 1.165) is 23.9 Å². The third kappa shape index (κ3) is 30.6. The Kier molecular flexibility index (Phi) is 35.1. The van der Waals surface area contributed by atoms with Crippen molar-refractivity contribution in [2.75, 3.05) is 17.2 Å². The molecule has 2 rings (SSSR count). The Morgan fingerprint density at radius 3 is 1.50 bits per heavy atom. The second-order valence-electron chi connectivity index (χ2n) is 5.68. The van der Waals surface area contributed by atoms with Gasteiger partial charge in [-0.15, -0.1) is 0 Å². The third-order valence-corrected chi connectivity index (χ3v) is 4.07. The molecule has 0 aliphatic heterocycles. The van der Waals surface area contributed by atoms with E-state index in [2.05, 4.69) is 13.2 Å². The summed E-state index contributed by atoms with van der Waals surface area (Å²) in [6.45, 7) is 22.6. The lowest BCUT2D eigenvalue weighted by atomic mass is 10.3. The summed E-state index contributed by atoms with van der Waals surface area (Å²) in [5.41, 5.74) is 28.8. The van der Waals surface area contributed by atoms with Gasteiger partial charge in [0, 0.05) is 22.8 Å². The summed E-state index contributed by atoms with van der Waals surface area (Å²) < 4.78 is 29.9. The maximum absolute atomic E-state index is 10.6. The van der Waals surface area contributed by atoms with E-state index < -0.39 is 10.1 Å². The summed E-state index contributed by atoms with van der Waals surface area (Å²) in [5, 5.41) is 0. The van der Waals surface area contributed by atoms with Crippen LogP contribution in [0.1, 0.15) is 61.8 Å². The number of benzene rings is 2. The Morgan fingerprint density at radius 1 is 0.889 bits per heavy atom. The van der Waals surface area contributed by atoms with Crippen molar-refractivity contribution in [1.29, 1.82) is 0 Å². The second kappa shape index (κ2) is 29.6. The van der Waals surface area contributed by atoms with Crippen molar-refractivity contribution in [3.8, 4) is 0 Å². The Balaban J connectivity index is -0.000000116. The number of nitrogen functional groups attached to an aromatic ring is 3. The summed E-state index contributed by atoms with van der Waals surface area (Å²) in [7, 11) is -4.26. The quantitative estimate of drug-likeness (QED) is 0.152. The van der Waals surface area contributed by atoms with Crippen LogP contribution in [-0.2, 0) is 10.1 Å². The van der Waals surface area contributed by atoms with Gasteiger partial charge in [0.25, 0.3) is 10.1 Å². The first-order valence-corrected chi connectivity index (χ1v) is 13.2. The maximum Gasteiger partial charge on any atom is 0.296 e. The van der Waals surface area contributed by atoms with E-state index in [1.807, 2.05) is 91.8 Å². The highest BCUT2D eigenvalue weighted by Gasteiger charge is 2.13. The largest absolute Gasteiger partial charge is 0.402 e. The normalized spacial score (nSPS) is 8.86. The molecule has 0 spiro atoms. The van der Waals surface area contributed by atoms with Gasteiger partial charge in [-0.2, -0.15) is 8.42 Å². The molecule has 2 aromatic carbocycles. The van der Waals surface area contributed by atoms with Crippen molar-refractivity contribution < 1.29 is 13.0 Å². The van der Waals surface area contributed by atoms with Crippen molar-refractivity contribution in [2.24, 2.45) is 11.5 Å². The van der Waals surface area contributed by atoms with Crippen LogP contribution in [0.3, 0.4) is 0 Å². The number of allylic oxidation sites excluding steroid dienone is 3. The Labute approximate surface area is 220 Å². The number of anilines is 3. The molecule has 0 amide bonds. The fraction of sp³-hybridized carbons (Fsp3) is 0.333. The van der Waals surface area contributed by atoms with E-state index in [4.69, 9.17) is 33.2 Å². The molecule has 208 valence electrons. The standard InChI is InChI=1S/C6H8N2O3S.C6H7N.C5H11N.C4H7N.3C2H6/c7-4-1-2-5(8)6(3-4)12(9,10)11;7-6-4-2-1-3-5-6;1-3-5(6)4-2;1-3-4(2)5;3*1-2/h1-3H,7-8H2,(H,9,10,11);1-5H,7H2;3H,4,6H2,1-2H3;3H,1-2,5H2;3*1-2H3/b;;5-3+;;;;. The number of para-hydroxylation sites is 1. The zero-order valence-corrected chi connectivity index (χ0v) is 24.3. The molecular formula is C27H51N5O3S. The minimum atomic E-state index is -4.26. The number of nitrogens with two attached hydrogens (primary N) is 5. The molecule has 9 heteroatoms. The zero-order valence-electron chi connectivity index (χ0n) is 23.5. The molecule has 0 saturated carbocycles. The predicted molar refractivity (Wildman–Crippen MR) is 162 cm³/mol. The van der Waals surface area contributed by atoms with Crippen LogP contribution in [0.5, 0.6) is 0 Å². The van der Waals surface area contributed by atoms with Crippen molar-refractivity contribution in [3.63, 3.8) is 0 Å². The lowest BCUT2D eigenvalue weighted by molar-refractivity contribution is 0.483. The monoisotopic (exact) mass is 525 g/mol. The van der Waals surface area contributed by atoms with Gasteiger partial charge in [0.2, 0.25) is 0 Å². The topological polar surface area (TPSA) is 184 Å². The smallest absolute Gasteiger partial charge is 0.296 e. The van der Waals surface area contributed by atoms with E-state index in [0.29, 0.717) is 5.70 Å². The lowest BCUT2D eigenvalue weighted by Crippen LogP contribution is -2.03. The van der Waals surface area contributed by atoms with Gasteiger partial charge in [-0.05, 0) is 49.8 Å². The average Bonchev–Trinajstić information content (AvgIpc) is 2.89. The second-order valence-corrected chi connectivity index (χ2v) is 7.07. The average molecular weight is 526 g/mol. The van der Waals surface area contributed by atoms with Crippen molar-refractivity contribution >= 4 is 27.2 Å². The molecule has 0 radical (unpaired) electrons. The molecular weight excluding hydrogens is 474 g/mol. The maximum atomic E-state index is 10.6. The highest BCUT2D eigenvalue weighted by molar-refractivity contribution is 7.86. The van der Waals surface area contributed by atoms with Gasteiger partial charge in [-0.25, -0.2) is 0 Å². The van der Waals surface area contributed by atoms with E-state index >= 15 is 0 Å². The van der Waals surface area contributed by atoms with E-state index in [1.54, 1.807) is 0 Å². The molecule has 0 aliphatic rings. The van der Waals surface area contributed by atoms with Gasteiger partial charge in [0.05, 0.1) is 5.69 Å². The summed E-state index contributed by atoms with van der Waals surface area (Å²) >= 11 is 0. The molecule has 0 heterocycles. The molecule has 0 unspecified atom stereocenters. The van der Waals surface area contributed by atoms with Gasteiger partial charge >= 0.3 is 0 Å². The molecule has 0 saturated heterocycles. The van der Waals surface area contributed by atoms with Crippen LogP contribution >= 0.6 is 0 Å². The van der Waals surface area contributed by atoms with E-state index in [-0.39, 0.29) is 16.3 Å². The predicted octanol–water partition coefficient (Wildman–Crippen LogP) is 6.35. The summed E-state index contributed by atoms with van der Waals surface area (Å²) in [6.07, 6.45) is 4.39. The third-order valence-electron chi connectivity index (χ3n) is 3.16. The molecule has 0 bridgehead atoms. The number of hydrogen-bond donors (Lipinski definition) is 6. The van der Waals surface area contributed by atoms with Gasteiger partial charge in [0.1, 0.15) is 4.90 Å². The molecule has 0 atom stereocenters. The first kappa shape index (κ1) is 42.7. The molecule has 8 nitrogen and oxygen atoms in total. The first-order chi connectivity index (χ1) is 16.9. The number of hydrogen-bond acceptors (Lipinski definition) is 7. The minimum Gasteiger partial charge on any atom is -0.402 e.